The van der Waals surface area contributed by atoms with Crippen LogP contribution in [0.25, 0.3) is 0 Å². The van der Waals surface area contributed by atoms with Crippen molar-refractivity contribution in [2.75, 3.05) is 6.61 Å². The van der Waals surface area contributed by atoms with Gasteiger partial charge in [0.2, 0.25) is 0 Å². The zero-order valence-corrected chi connectivity index (χ0v) is 9.26. The highest BCUT2D eigenvalue weighted by atomic mass is 16.5. The van der Waals surface area contributed by atoms with Crippen molar-refractivity contribution in [3.63, 3.8) is 0 Å². The number of ketones is 1. The van der Waals surface area contributed by atoms with E-state index in [1.54, 1.807) is 6.92 Å². The molecular formula is C13H14O2. The van der Waals surface area contributed by atoms with Gasteiger partial charge in [-0.2, -0.15) is 0 Å². The lowest BCUT2D eigenvalue weighted by Gasteiger charge is -2.07. The van der Waals surface area contributed by atoms with Crippen LogP contribution < -0.4 is 4.74 Å². The third-order valence-electron chi connectivity index (χ3n) is 1.99. The molecule has 0 fully saturated rings. The molecule has 0 aromatic heterocycles. The van der Waals surface area contributed by atoms with Gasteiger partial charge in [-0.25, -0.2) is 0 Å². The fourth-order valence-corrected chi connectivity index (χ4v) is 1.23. The Morgan fingerprint density at radius 3 is 2.80 bits per heavy atom. The first-order chi connectivity index (χ1) is 7.15. The Morgan fingerprint density at radius 1 is 1.47 bits per heavy atom. The van der Waals surface area contributed by atoms with Gasteiger partial charge in [-0.1, -0.05) is 17.6 Å². The maximum atomic E-state index is 11.3. The molecule has 0 atom stereocenters. The molecule has 0 aliphatic rings. The molecule has 0 N–H and O–H groups in total. The van der Waals surface area contributed by atoms with Gasteiger partial charge in [0.1, 0.15) is 12.4 Å². The predicted octanol–water partition coefficient (Wildman–Crippen LogP) is 2.60. The Kier molecular flexibility index (Phi) is 3.93. The smallest absolute Gasteiger partial charge is 0.163 e. The fraction of sp³-hybridized carbons (Fsp3) is 0.308. The molecule has 0 unspecified atom stereocenters. The number of benzene rings is 1. The quantitative estimate of drug-likeness (QED) is 0.556. The van der Waals surface area contributed by atoms with E-state index < -0.39 is 0 Å². The SMILES string of the molecule is CC#CCOc1ccc(C)cc1C(C)=O. The average Bonchev–Trinajstić information content (AvgIpc) is 2.20. The molecule has 0 amide bonds. The van der Waals surface area contributed by atoms with Gasteiger partial charge in [-0.05, 0) is 32.9 Å². The summed E-state index contributed by atoms with van der Waals surface area (Å²) in [5, 5.41) is 0. The Balaban J connectivity index is 2.94. The standard InChI is InChI=1S/C13H14O2/c1-4-5-8-15-13-7-6-10(2)9-12(13)11(3)14/h6-7,9H,8H2,1-3H3. The van der Waals surface area contributed by atoms with Crippen LogP contribution in [0.3, 0.4) is 0 Å². The number of carbonyl (C=O) groups is 1. The Labute approximate surface area is 90.3 Å². The van der Waals surface area contributed by atoms with Gasteiger partial charge in [0.15, 0.2) is 5.78 Å². The van der Waals surface area contributed by atoms with Crippen molar-refractivity contribution in [3.8, 4) is 17.6 Å². The minimum atomic E-state index is 0.0122. The van der Waals surface area contributed by atoms with Crippen molar-refractivity contribution in [3.05, 3.63) is 29.3 Å². The van der Waals surface area contributed by atoms with Gasteiger partial charge in [0.25, 0.3) is 0 Å². The molecule has 1 aromatic carbocycles. The summed E-state index contributed by atoms with van der Waals surface area (Å²) in [6, 6.07) is 5.56. The normalized spacial score (nSPS) is 9.00. The van der Waals surface area contributed by atoms with E-state index in [2.05, 4.69) is 11.8 Å². The second kappa shape index (κ2) is 5.21. The number of Topliss-reactive ketones (excluding diaryl/α,β-unsaturated/α-hetero) is 1. The highest BCUT2D eigenvalue weighted by Gasteiger charge is 2.07. The predicted molar refractivity (Wildman–Crippen MR) is 60.1 cm³/mol. The van der Waals surface area contributed by atoms with Gasteiger partial charge in [-0.15, -0.1) is 5.92 Å². The maximum absolute atomic E-state index is 11.3. The van der Waals surface area contributed by atoms with Crippen molar-refractivity contribution in [2.45, 2.75) is 20.8 Å². The van der Waals surface area contributed by atoms with E-state index in [1.807, 2.05) is 25.1 Å². The molecule has 1 rings (SSSR count). The number of hydrogen-bond donors (Lipinski definition) is 0. The lowest BCUT2D eigenvalue weighted by Crippen LogP contribution is -2.01. The Hall–Kier alpha value is -1.75. The van der Waals surface area contributed by atoms with E-state index in [4.69, 9.17) is 4.74 Å². The van der Waals surface area contributed by atoms with E-state index in [1.165, 1.54) is 6.92 Å². The molecule has 0 saturated heterocycles. The third kappa shape index (κ3) is 3.14. The van der Waals surface area contributed by atoms with Crippen LogP contribution in [0.4, 0.5) is 0 Å². The summed E-state index contributed by atoms with van der Waals surface area (Å²) in [4.78, 5) is 11.3. The van der Waals surface area contributed by atoms with E-state index in [0.29, 0.717) is 17.9 Å². The van der Waals surface area contributed by atoms with Crippen molar-refractivity contribution < 1.29 is 9.53 Å². The van der Waals surface area contributed by atoms with Crippen LogP contribution in [0.1, 0.15) is 29.8 Å². The van der Waals surface area contributed by atoms with Crippen molar-refractivity contribution >= 4 is 5.78 Å². The molecule has 2 nitrogen and oxygen atoms in total. The van der Waals surface area contributed by atoms with Gasteiger partial charge in [0.05, 0.1) is 5.56 Å². The number of hydrogen-bond acceptors (Lipinski definition) is 2. The molecule has 0 aliphatic heterocycles. The van der Waals surface area contributed by atoms with Crippen molar-refractivity contribution in [2.24, 2.45) is 0 Å². The van der Waals surface area contributed by atoms with Crippen LogP contribution in [0.15, 0.2) is 18.2 Å². The highest BCUT2D eigenvalue weighted by molar-refractivity contribution is 5.97. The van der Waals surface area contributed by atoms with E-state index in [-0.39, 0.29) is 5.78 Å². The molecule has 0 bridgehead atoms. The molecule has 15 heavy (non-hydrogen) atoms. The summed E-state index contributed by atoms with van der Waals surface area (Å²) in [6.07, 6.45) is 0. The summed E-state index contributed by atoms with van der Waals surface area (Å²) in [5.74, 6) is 6.15. The average molecular weight is 202 g/mol. The molecule has 1 aromatic rings. The molecule has 2 heteroatoms. The topological polar surface area (TPSA) is 26.3 Å². The number of rotatable bonds is 3. The number of aryl methyl sites for hydroxylation is 1. The summed E-state index contributed by atoms with van der Waals surface area (Å²) in [5.41, 5.74) is 1.67. The van der Waals surface area contributed by atoms with Gasteiger partial charge in [0, 0.05) is 0 Å². The molecule has 0 radical (unpaired) electrons. The second-order valence-electron chi connectivity index (χ2n) is 3.27. The van der Waals surface area contributed by atoms with Crippen LogP contribution in [0.5, 0.6) is 5.75 Å². The Morgan fingerprint density at radius 2 is 2.20 bits per heavy atom. The van der Waals surface area contributed by atoms with E-state index in [0.717, 1.165) is 5.56 Å². The van der Waals surface area contributed by atoms with Crippen LogP contribution in [0, 0.1) is 18.8 Å². The Bertz CT molecular complexity index is 422. The first kappa shape index (κ1) is 11.3. The molecular weight excluding hydrogens is 188 g/mol. The largest absolute Gasteiger partial charge is 0.480 e. The minimum Gasteiger partial charge on any atom is -0.480 e. The first-order valence-electron chi connectivity index (χ1n) is 4.79. The summed E-state index contributed by atoms with van der Waals surface area (Å²) in [6.45, 7) is 5.55. The van der Waals surface area contributed by atoms with Crippen molar-refractivity contribution in [1.82, 2.24) is 0 Å². The zero-order chi connectivity index (χ0) is 11.3. The first-order valence-corrected chi connectivity index (χ1v) is 4.79. The molecule has 0 saturated carbocycles. The minimum absolute atomic E-state index is 0.0122. The fourth-order valence-electron chi connectivity index (χ4n) is 1.23. The lowest BCUT2D eigenvalue weighted by molar-refractivity contribution is 0.101. The highest BCUT2D eigenvalue weighted by Crippen LogP contribution is 2.20. The summed E-state index contributed by atoms with van der Waals surface area (Å²) >= 11 is 0. The van der Waals surface area contributed by atoms with Gasteiger partial charge < -0.3 is 4.74 Å². The van der Waals surface area contributed by atoms with Crippen LogP contribution in [-0.2, 0) is 0 Å². The molecule has 78 valence electrons. The van der Waals surface area contributed by atoms with E-state index in [9.17, 15) is 4.79 Å². The number of ether oxygens (including phenoxy) is 1. The third-order valence-corrected chi connectivity index (χ3v) is 1.99. The van der Waals surface area contributed by atoms with E-state index >= 15 is 0 Å². The lowest BCUT2D eigenvalue weighted by atomic mass is 10.1. The zero-order valence-electron chi connectivity index (χ0n) is 9.26. The summed E-state index contributed by atoms with van der Waals surface area (Å²) in [7, 11) is 0. The van der Waals surface area contributed by atoms with Gasteiger partial charge in [-0.3, -0.25) is 4.79 Å². The second-order valence-corrected chi connectivity index (χ2v) is 3.27. The van der Waals surface area contributed by atoms with Crippen molar-refractivity contribution in [1.29, 1.82) is 0 Å². The monoisotopic (exact) mass is 202 g/mol. The maximum Gasteiger partial charge on any atom is 0.163 e. The van der Waals surface area contributed by atoms with Gasteiger partial charge >= 0.3 is 0 Å². The molecule has 0 aliphatic carbocycles. The number of carbonyl (C=O) groups excluding carboxylic acids is 1. The van der Waals surface area contributed by atoms with Crippen LogP contribution in [-0.4, -0.2) is 12.4 Å². The molecule has 0 heterocycles. The molecule has 0 spiro atoms. The van der Waals surface area contributed by atoms with Crippen LogP contribution >= 0.6 is 0 Å². The summed E-state index contributed by atoms with van der Waals surface area (Å²) < 4.78 is 5.40. The van der Waals surface area contributed by atoms with Crippen LogP contribution in [0.2, 0.25) is 0 Å².